The molecule has 1 fully saturated rings. The third-order valence-corrected chi connectivity index (χ3v) is 8.06. The first-order chi connectivity index (χ1) is 14.6. The summed E-state index contributed by atoms with van der Waals surface area (Å²) >= 11 is 3.46. The number of thiophene rings is 1. The van der Waals surface area contributed by atoms with Crippen LogP contribution in [0.2, 0.25) is 0 Å². The molecule has 1 aromatic heterocycles. The number of carbonyl (C=O) groups excluding carboxylic acids is 2. The van der Waals surface area contributed by atoms with Crippen LogP contribution in [-0.2, 0) is 14.3 Å². The molecule has 7 nitrogen and oxygen atoms in total. The molecule has 1 aromatic carbocycles. The van der Waals surface area contributed by atoms with Crippen molar-refractivity contribution in [1.29, 1.82) is 0 Å². The molecule has 0 radical (unpaired) electrons. The first-order valence-corrected chi connectivity index (χ1v) is 11.7. The molecule has 162 valence electrons. The number of urea groups is 1. The lowest BCUT2D eigenvalue weighted by Gasteiger charge is -2.35. The van der Waals surface area contributed by atoms with Crippen molar-refractivity contribution < 1.29 is 19.5 Å². The van der Waals surface area contributed by atoms with Gasteiger partial charge in [-0.1, -0.05) is 18.6 Å². The molecular formula is C21H27N3O4S2. The Balaban J connectivity index is 1.76. The lowest BCUT2D eigenvalue weighted by molar-refractivity contribution is -0.129. The molecule has 0 aliphatic carbocycles. The maximum absolute atomic E-state index is 12.0. The highest BCUT2D eigenvalue weighted by Gasteiger charge is 2.38. The third kappa shape index (κ3) is 5.75. The molecule has 1 aliphatic rings. The Labute approximate surface area is 184 Å². The molecule has 4 N–H and O–H groups in total. The number of ether oxygens (including phenoxy) is 1. The zero-order valence-electron chi connectivity index (χ0n) is 16.9. The van der Waals surface area contributed by atoms with Gasteiger partial charge in [0.25, 0.3) is 0 Å². The number of benzene rings is 1. The molecule has 2 heterocycles. The summed E-state index contributed by atoms with van der Waals surface area (Å²) < 4.78 is 4.63. The maximum atomic E-state index is 12.0. The van der Waals surface area contributed by atoms with E-state index in [9.17, 15) is 9.59 Å². The van der Waals surface area contributed by atoms with Gasteiger partial charge in [0.1, 0.15) is 0 Å². The molecule has 30 heavy (non-hydrogen) atoms. The zero-order chi connectivity index (χ0) is 21.4. The smallest absolute Gasteiger partial charge is 0.319 e. The average molecular weight is 450 g/mol. The van der Waals surface area contributed by atoms with Crippen LogP contribution in [-0.4, -0.2) is 43.2 Å². The van der Waals surface area contributed by atoms with E-state index in [1.54, 1.807) is 35.7 Å². The van der Waals surface area contributed by atoms with Crippen LogP contribution >= 0.6 is 23.1 Å². The average Bonchev–Trinajstić information content (AvgIpc) is 3.26. The summed E-state index contributed by atoms with van der Waals surface area (Å²) in [6, 6.07) is 11.6. The fourth-order valence-corrected chi connectivity index (χ4v) is 6.39. The van der Waals surface area contributed by atoms with E-state index in [1.165, 1.54) is 0 Å². The third-order valence-electron chi connectivity index (χ3n) is 4.98. The van der Waals surface area contributed by atoms with Gasteiger partial charge in [0.2, 0.25) is 5.91 Å². The van der Waals surface area contributed by atoms with Crippen molar-refractivity contribution in [1.82, 2.24) is 10.8 Å². The van der Waals surface area contributed by atoms with Crippen molar-refractivity contribution in [3.05, 3.63) is 41.3 Å². The molecule has 9 heteroatoms. The number of anilines is 1. The monoisotopic (exact) mass is 449 g/mol. The van der Waals surface area contributed by atoms with Gasteiger partial charge in [0.05, 0.1) is 11.4 Å². The van der Waals surface area contributed by atoms with Crippen molar-refractivity contribution in [2.24, 2.45) is 0 Å². The van der Waals surface area contributed by atoms with E-state index in [2.05, 4.69) is 22.8 Å². The molecule has 0 bridgehead atoms. The van der Waals surface area contributed by atoms with E-state index in [0.29, 0.717) is 18.8 Å². The highest BCUT2D eigenvalue weighted by molar-refractivity contribution is 8.00. The van der Waals surface area contributed by atoms with Crippen LogP contribution in [0, 0.1) is 0 Å². The van der Waals surface area contributed by atoms with Crippen molar-refractivity contribution in [3.63, 3.8) is 0 Å². The minimum atomic E-state index is -0.356. The molecule has 0 saturated carbocycles. The molecule has 2 aromatic rings. The SMILES string of the molecule is COCCNC(=O)Nc1cccc(-c2ccc([C@@]3(CC(=O)NO)CCCCS3)s2)c1. The number of rotatable bonds is 8. The van der Waals surface area contributed by atoms with Gasteiger partial charge in [-0.05, 0) is 48.4 Å². The van der Waals surface area contributed by atoms with Crippen LogP contribution in [0.25, 0.3) is 10.4 Å². The summed E-state index contributed by atoms with van der Waals surface area (Å²) in [5, 5.41) is 14.6. The number of amides is 3. The van der Waals surface area contributed by atoms with Crippen LogP contribution in [0.15, 0.2) is 36.4 Å². The van der Waals surface area contributed by atoms with Crippen molar-refractivity contribution in [2.75, 3.05) is 31.3 Å². The van der Waals surface area contributed by atoms with Crippen LogP contribution in [0.3, 0.4) is 0 Å². The number of hydrogen-bond donors (Lipinski definition) is 4. The number of hydrogen-bond acceptors (Lipinski definition) is 6. The largest absolute Gasteiger partial charge is 0.383 e. The standard InChI is InChI=1S/C21H27N3O4S2/c1-28-11-10-22-20(26)23-16-6-4-5-15(13-16)17-7-8-18(30-17)21(14-19(25)24-27)9-2-3-12-29-21/h4-8,13,27H,2-3,9-12,14H2,1H3,(H,24,25)(H2,22,23,26)/t21-/m0/s1. The van der Waals surface area contributed by atoms with Crippen molar-refractivity contribution in [3.8, 4) is 10.4 Å². The Hall–Kier alpha value is -2.07. The molecule has 3 rings (SSSR count). The van der Waals surface area contributed by atoms with Gasteiger partial charge >= 0.3 is 6.03 Å². The molecular weight excluding hydrogens is 422 g/mol. The first-order valence-electron chi connectivity index (χ1n) is 9.88. The fourth-order valence-electron chi connectivity index (χ4n) is 3.50. The number of thioether (sulfide) groups is 1. The minimum absolute atomic E-state index is 0.261. The van der Waals surface area contributed by atoms with Crippen molar-refractivity contribution in [2.45, 2.75) is 30.4 Å². The van der Waals surface area contributed by atoms with E-state index in [1.807, 2.05) is 24.3 Å². The minimum Gasteiger partial charge on any atom is -0.383 e. The quantitative estimate of drug-likeness (QED) is 0.275. The molecule has 0 spiro atoms. The van der Waals surface area contributed by atoms with Crippen LogP contribution in [0.4, 0.5) is 10.5 Å². The summed E-state index contributed by atoms with van der Waals surface area (Å²) in [7, 11) is 1.59. The predicted molar refractivity (Wildman–Crippen MR) is 121 cm³/mol. The Kier molecular flexibility index (Phi) is 8.15. The summed E-state index contributed by atoms with van der Waals surface area (Å²) in [6.07, 6.45) is 3.38. The predicted octanol–water partition coefficient (Wildman–Crippen LogP) is 4.19. The van der Waals surface area contributed by atoms with Gasteiger partial charge in [0.15, 0.2) is 0 Å². The Morgan fingerprint density at radius 2 is 2.10 bits per heavy atom. The number of carbonyl (C=O) groups is 2. The normalized spacial score (nSPS) is 18.6. The van der Waals surface area contributed by atoms with Gasteiger partial charge in [-0.15, -0.1) is 23.1 Å². The topological polar surface area (TPSA) is 99.7 Å². The highest BCUT2D eigenvalue weighted by atomic mass is 32.2. The van der Waals surface area contributed by atoms with Crippen LogP contribution < -0.4 is 16.1 Å². The molecule has 3 amide bonds. The molecule has 1 saturated heterocycles. The fraction of sp³-hybridized carbons (Fsp3) is 0.429. The highest BCUT2D eigenvalue weighted by Crippen LogP contribution is 2.50. The van der Waals surface area contributed by atoms with Gasteiger partial charge in [0, 0.05) is 35.5 Å². The lowest BCUT2D eigenvalue weighted by Crippen LogP contribution is -2.32. The zero-order valence-corrected chi connectivity index (χ0v) is 18.5. The van der Waals surface area contributed by atoms with E-state index in [4.69, 9.17) is 9.94 Å². The maximum Gasteiger partial charge on any atom is 0.319 e. The second-order valence-electron chi connectivity index (χ2n) is 7.13. The lowest BCUT2D eigenvalue weighted by atomic mass is 9.94. The van der Waals surface area contributed by atoms with Gasteiger partial charge in [-0.3, -0.25) is 10.0 Å². The number of methoxy groups -OCH3 is 1. The van der Waals surface area contributed by atoms with Crippen LogP contribution in [0.1, 0.15) is 30.6 Å². The summed E-state index contributed by atoms with van der Waals surface area (Å²) in [5.74, 6) is 0.647. The Bertz CT molecular complexity index is 865. The van der Waals surface area contributed by atoms with E-state index in [0.717, 1.165) is 40.3 Å². The van der Waals surface area contributed by atoms with E-state index in [-0.39, 0.29) is 23.1 Å². The van der Waals surface area contributed by atoms with Crippen LogP contribution in [0.5, 0.6) is 0 Å². The summed E-state index contributed by atoms with van der Waals surface area (Å²) in [5.41, 5.74) is 3.50. The van der Waals surface area contributed by atoms with Gasteiger partial charge in [-0.2, -0.15) is 0 Å². The first kappa shape index (κ1) is 22.6. The second-order valence-corrected chi connectivity index (χ2v) is 9.69. The molecule has 1 atom stereocenters. The van der Waals surface area contributed by atoms with Crippen molar-refractivity contribution >= 4 is 40.7 Å². The van der Waals surface area contributed by atoms with Gasteiger partial charge in [-0.25, -0.2) is 10.3 Å². The second kappa shape index (κ2) is 10.8. The Morgan fingerprint density at radius 1 is 1.23 bits per heavy atom. The number of hydroxylamine groups is 1. The van der Waals surface area contributed by atoms with E-state index >= 15 is 0 Å². The molecule has 1 aliphatic heterocycles. The summed E-state index contributed by atoms with van der Waals surface area (Å²) in [4.78, 5) is 26.1. The molecule has 0 unspecified atom stereocenters. The Morgan fingerprint density at radius 3 is 2.83 bits per heavy atom. The van der Waals surface area contributed by atoms with E-state index < -0.39 is 0 Å². The number of nitrogens with one attached hydrogen (secondary N) is 3. The summed E-state index contributed by atoms with van der Waals surface area (Å²) in [6.45, 7) is 0.900. The van der Waals surface area contributed by atoms with Gasteiger partial charge < -0.3 is 15.4 Å².